The van der Waals surface area contributed by atoms with E-state index in [9.17, 15) is 9.18 Å². The average Bonchev–Trinajstić information content (AvgIpc) is 3.33. The number of hydrogen-bond acceptors (Lipinski definition) is 5. The molecule has 4 heterocycles. The lowest BCUT2D eigenvalue weighted by atomic mass is 10.0. The molecule has 2 bridgehead atoms. The van der Waals surface area contributed by atoms with E-state index in [0.29, 0.717) is 17.1 Å². The highest BCUT2D eigenvalue weighted by Gasteiger charge is 2.31. The van der Waals surface area contributed by atoms with E-state index in [2.05, 4.69) is 15.3 Å². The van der Waals surface area contributed by atoms with E-state index in [1.807, 2.05) is 12.3 Å². The normalized spacial score (nSPS) is 21.9. The van der Waals surface area contributed by atoms with E-state index in [-0.39, 0.29) is 24.4 Å². The summed E-state index contributed by atoms with van der Waals surface area (Å²) in [5.41, 5.74) is 1.94. The van der Waals surface area contributed by atoms with Crippen LogP contribution in [0.1, 0.15) is 31.4 Å². The predicted molar refractivity (Wildman–Crippen MR) is 102 cm³/mol. The molecule has 1 amide bonds. The summed E-state index contributed by atoms with van der Waals surface area (Å²) in [6.45, 7) is 2.81. The highest BCUT2D eigenvalue weighted by atomic mass is 19.1. The summed E-state index contributed by atoms with van der Waals surface area (Å²) in [6.07, 6.45) is 5.29. The van der Waals surface area contributed by atoms with Gasteiger partial charge in [-0.1, -0.05) is 6.92 Å². The smallest absolute Gasteiger partial charge is 0.230 e. The Bertz CT molecular complexity index is 1070. The molecule has 28 heavy (non-hydrogen) atoms. The number of hydrogen-bond donors (Lipinski definition) is 1. The maximum absolute atomic E-state index is 14.1. The number of nitrogens with zero attached hydrogens (tertiary/aromatic N) is 4. The van der Waals surface area contributed by atoms with Crippen molar-refractivity contribution in [3.63, 3.8) is 0 Å². The first kappa shape index (κ1) is 17.0. The SMILES string of the molecule is C[C@@H]1COc2ccc(F)cc2[C@H]2CCCN2c2ccn3ncc(c3n2)NC1=O. The van der Waals surface area contributed by atoms with Gasteiger partial charge in [-0.15, -0.1) is 0 Å². The molecule has 0 aliphatic carbocycles. The fraction of sp³-hybridized carbons (Fsp3) is 0.350. The van der Waals surface area contributed by atoms with E-state index < -0.39 is 5.92 Å². The largest absolute Gasteiger partial charge is 0.492 e. The Morgan fingerprint density at radius 2 is 2.21 bits per heavy atom. The standard InChI is InChI=1S/C20H20FN5O2/c1-12-11-28-17-5-4-13(21)9-14(17)16-3-2-7-25(16)18-6-8-26-19(24-18)15(10-22-26)23-20(12)27/h4-6,8-10,12,16H,2-3,7,11H2,1H3,(H,23,27)/t12-,16-/m1/s1. The van der Waals surface area contributed by atoms with E-state index in [4.69, 9.17) is 9.72 Å². The first-order valence-corrected chi connectivity index (χ1v) is 9.44. The van der Waals surface area contributed by atoms with Crippen LogP contribution < -0.4 is 15.0 Å². The summed E-state index contributed by atoms with van der Waals surface area (Å²) in [7, 11) is 0. The zero-order chi connectivity index (χ0) is 19.3. The topological polar surface area (TPSA) is 71.8 Å². The van der Waals surface area contributed by atoms with Gasteiger partial charge in [-0.05, 0) is 37.1 Å². The third kappa shape index (κ3) is 2.76. The van der Waals surface area contributed by atoms with Crippen molar-refractivity contribution >= 4 is 23.1 Å². The van der Waals surface area contributed by atoms with Gasteiger partial charge in [0.25, 0.3) is 0 Å². The monoisotopic (exact) mass is 381 g/mol. The molecule has 0 unspecified atom stereocenters. The number of carbonyl (C=O) groups excluding carboxylic acids is 1. The quantitative estimate of drug-likeness (QED) is 0.648. The number of rotatable bonds is 0. The number of halogens is 1. The van der Waals surface area contributed by atoms with Crippen LogP contribution in [0.3, 0.4) is 0 Å². The van der Waals surface area contributed by atoms with Crippen molar-refractivity contribution in [2.24, 2.45) is 5.92 Å². The minimum Gasteiger partial charge on any atom is -0.492 e. The van der Waals surface area contributed by atoms with Gasteiger partial charge < -0.3 is 15.0 Å². The molecule has 0 radical (unpaired) electrons. The molecule has 8 heteroatoms. The summed E-state index contributed by atoms with van der Waals surface area (Å²) in [5, 5.41) is 7.16. The molecule has 144 valence electrons. The highest BCUT2D eigenvalue weighted by Crippen LogP contribution is 2.40. The zero-order valence-electron chi connectivity index (χ0n) is 15.4. The second-order valence-electron chi connectivity index (χ2n) is 7.35. The van der Waals surface area contributed by atoms with E-state index in [0.717, 1.165) is 30.8 Å². The molecule has 3 aromatic rings. The van der Waals surface area contributed by atoms with Gasteiger partial charge in [0.15, 0.2) is 5.65 Å². The van der Waals surface area contributed by atoms with Crippen LogP contribution in [0.15, 0.2) is 36.7 Å². The Balaban J connectivity index is 1.68. The minimum absolute atomic E-state index is 0.0354. The number of fused-ring (bicyclic) bond motifs is 5. The Kier molecular flexibility index (Phi) is 3.92. The van der Waals surface area contributed by atoms with Crippen molar-refractivity contribution in [3.8, 4) is 5.75 Å². The fourth-order valence-corrected chi connectivity index (χ4v) is 3.93. The average molecular weight is 381 g/mol. The summed E-state index contributed by atoms with van der Waals surface area (Å²) in [6, 6.07) is 6.43. The molecule has 5 rings (SSSR count). The summed E-state index contributed by atoms with van der Waals surface area (Å²) < 4.78 is 21.7. The van der Waals surface area contributed by atoms with Gasteiger partial charge in [-0.3, -0.25) is 4.79 Å². The van der Waals surface area contributed by atoms with Gasteiger partial charge in [-0.25, -0.2) is 13.9 Å². The number of benzene rings is 1. The number of amides is 1. The number of aromatic nitrogens is 3. The molecule has 7 nitrogen and oxygen atoms in total. The minimum atomic E-state index is -0.392. The van der Waals surface area contributed by atoms with Crippen molar-refractivity contribution in [1.29, 1.82) is 0 Å². The summed E-state index contributed by atoms with van der Waals surface area (Å²) in [4.78, 5) is 19.5. The Labute approximate surface area is 161 Å². The zero-order valence-corrected chi connectivity index (χ0v) is 15.4. The van der Waals surface area contributed by atoms with Crippen molar-refractivity contribution in [1.82, 2.24) is 14.6 Å². The van der Waals surface area contributed by atoms with Crippen LogP contribution in [0.4, 0.5) is 15.9 Å². The van der Waals surface area contributed by atoms with Crippen LogP contribution in [0.2, 0.25) is 0 Å². The van der Waals surface area contributed by atoms with Gasteiger partial charge in [0.2, 0.25) is 5.91 Å². The Morgan fingerprint density at radius 1 is 1.32 bits per heavy atom. The first-order valence-electron chi connectivity index (χ1n) is 9.44. The molecule has 1 fully saturated rings. The van der Waals surface area contributed by atoms with Gasteiger partial charge in [-0.2, -0.15) is 5.10 Å². The molecule has 0 saturated carbocycles. The Hall–Kier alpha value is -3.16. The van der Waals surface area contributed by atoms with Crippen LogP contribution >= 0.6 is 0 Å². The lowest BCUT2D eigenvalue weighted by Gasteiger charge is -2.27. The van der Waals surface area contributed by atoms with Crippen molar-refractivity contribution < 1.29 is 13.9 Å². The molecule has 0 spiro atoms. The lowest BCUT2D eigenvalue weighted by Crippen LogP contribution is -2.26. The van der Waals surface area contributed by atoms with E-state index in [1.165, 1.54) is 12.1 Å². The van der Waals surface area contributed by atoms with Crippen molar-refractivity contribution in [2.45, 2.75) is 25.8 Å². The fourth-order valence-electron chi connectivity index (χ4n) is 3.93. The molecule has 1 aromatic carbocycles. The van der Waals surface area contributed by atoms with Gasteiger partial charge >= 0.3 is 0 Å². The van der Waals surface area contributed by atoms with Crippen LogP contribution in [0.5, 0.6) is 5.75 Å². The maximum atomic E-state index is 14.1. The van der Waals surface area contributed by atoms with Crippen molar-refractivity contribution in [3.05, 3.63) is 48.0 Å². The molecule has 2 aliphatic heterocycles. The maximum Gasteiger partial charge on any atom is 0.230 e. The Morgan fingerprint density at radius 3 is 3.11 bits per heavy atom. The second kappa shape index (κ2) is 6.47. The molecule has 1 saturated heterocycles. The predicted octanol–water partition coefficient (Wildman–Crippen LogP) is 3.18. The molecule has 1 N–H and O–H groups in total. The highest BCUT2D eigenvalue weighted by molar-refractivity contribution is 5.95. The number of anilines is 2. The van der Waals surface area contributed by atoms with Crippen LogP contribution in [-0.4, -0.2) is 33.7 Å². The van der Waals surface area contributed by atoms with Crippen molar-refractivity contribution in [2.75, 3.05) is 23.4 Å². The van der Waals surface area contributed by atoms with E-state index >= 15 is 0 Å². The molecule has 2 aliphatic rings. The lowest BCUT2D eigenvalue weighted by molar-refractivity contribution is -0.120. The number of carbonyl (C=O) groups is 1. The van der Waals surface area contributed by atoms with Gasteiger partial charge in [0.05, 0.1) is 24.8 Å². The number of ether oxygens (including phenoxy) is 1. The van der Waals surface area contributed by atoms with Crippen LogP contribution in [0, 0.1) is 11.7 Å². The first-order chi connectivity index (χ1) is 13.6. The summed E-state index contributed by atoms with van der Waals surface area (Å²) >= 11 is 0. The van der Waals surface area contributed by atoms with Gasteiger partial charge in [0.1, 0.15) is 23.1 Å². The number of nitrogens with one attached hydrogen (secondary N) is 1. The molecular formula is C20H20FN5O2. The molecule has 2 atom stereocenters. The molecular weight excluding hydrogens is 361 g/mol. The second-order valence-corrected chi connectivity index (χ2v) is 7.35. The van der Waals surface area contributed by atoms with Crippen LogP contribution in [0.25, 0.3) is 5.65 Å². The summed E-state index contributed by atoms with van der Waals surface area (Å²) in [5.74, 6) is 0.516. The van der Waals surface area contributed by atoms with Gasteiger partial charge in [0, 0.05) is 18.3 Å². The third-order valence-electron chi connectivity index (χ3n) is 5.43. The van der Waals surface area contributed by atoms with E-state index in [1.54, 1.807) is 23.7 Å². The molecule has 2 aromatic heterocycles. The van der Waals surface area contributed by atoms with Crippen LogP contribution in [-0.2, 0) is 4.79 Å². The third-order valence-corrected chi connectivity index (χ3v) is 5.43.